The molecule has 0 bridgehead atoms. The molecule has 0 radical (unpaired) electrons. The van der Waals surface area contributed by atoms with Crippen LogP contribution in [0.5, 0.6) is 0 Å². The summed E-state index contributed by atoms with van der Waals surface area (Å²) in [6.07, 6.45) is 2.57. The number of hydrogen-bond acceptors (Lipinski definition) is 3. The SMILES string of the molecule is Cc1cccc(CN2CCC3(CCN(C(=O)C4[C@H]5COC[C@@H]45)CC3)C2=O)c1. The molecule has 5 nitrogen and oxygen atoms in total. The summed E-state index contributed by atoms with van der Waals surface area (Å²) in [4.78, 5) is 30.0. The van der Waals surface area contributed by atoms with E-state index in [2.05, 4.69) is 31.2 Å². The Balaban J connectivity index is 1.20. The number of aryl methyl sites for hydroxylation is 1. The first kappa shape index (κ1) is 17.2. The first-order valence-corrected chi connectivity index (χ1v) is 10.3. The van der Waals surface area contributed by atoms with Crippen molar-refractivity contribution in [3.05, 3.63) is 35.4 Å². The van der Waals surface area contributed by atoms with Crippen LogP contribution in [0.25, 0.3) is 0 Å². The maximum atomic E-state index is 13.2. The molecule has 144 valence electrons. The Hall–Kier alpha value is -1.88. The van der Waals surface area contributed by atoms with Gasteiger partial charge in [-0.05, 0) is 43.6 Å². The molecule has 4 aliphatic rings. The number of ether oxygens (including phenoxy) is 1. The number of likely N-dealkylation sites (tertiary alicyclic amines) is 2. The molecule has 2 amide bonds. The van der Waals surface area contributed by atoms with E-state index in [1.807, 2.05) is 9.80 Å². The highest BCUT2D eigenvalue weighted by molar-refractivity contribution is 5.86. The van der Waals surface area contributed by atoms with Crippen LogP contribution in [0.1, 0.15) is 30.4 Å². The Morgan fingerprint density at radius 1 is 1.15 bits per heavy atom. The van der Waals surface area contributed by atoms with E-state index in [-0.39, 0.29) is 11.3 Å². The second kappa shape index (κ2) is 6.33. The summed E-state index contributed by atoms with van der Waals surface area (Å²) in [6.45, 7) is 6.61. The van der Waals surface area contributed by atoms with Crippen molar-refractivity contribution in [1.82, 2.24) is 9.80 Å². The first-order chi connectivity index (χ1) is 13.1. The largest absolute Gasteiger partial charge is 0.381 e. The molecule has 3 saturated heterocycles. The van der Waals surface area contributed by atoms with Crippen LogP contribution in [0.4, 0.5) is 0 Å². The highest BCUT2D eigenvalue weighted by Gasteiger charge is 2.59. The average Bonchev–Trinajstić information content (AvgIpc) is 2.99. The van der Waals surface area contributed by atoms with Crippen molar-refractivity contribution in [2.24, 2.45) is 23.2 Å². The van der Waals surface area contributed by atoms with Gasteiger partial charge in [0.1, 0.15) is 0 Å². The van der Waals surface area contributed by atoms with Gasteiger partial charge in [-0.1, -0.05) is 29.8 Å². The fraction of sp³-hybridized carbons (Fsp3) is 0.636. The van der Waals surface area contributed by atoms with Gasteiger partial charge in [-0.3, -0.25) is 9.59 Å². The summed E-state index contributed by atoms with van der Waals surface area (Å²) >= 11 is 0. The number of rotatable bonds is 3. The molecule has 1 aromatic carbocycles. The van der Waals surface area contributed by atoms with Gasteiger partial charge in [0.25, 0.3) is 0 Å². The minimum atomic E-state index is -0.233. The summed E-state index contributed by atoms with van der Waals surface area (Å²) in [6, 6.07) is 8.41. The Labute approximate surface area is 160 Å². The van der Waals surface area contributed by atoms with E-state index in [9.17, 15) is 9.59 Å². The Kier molecular flexibility index (Phi) is 4.04. The second-order valence-corrected chi connectivity index (χ2v) is 8.96. The lowest BCUT2D eigenvalue weighted by Crippen LogP contribution is -2.47. The molecule has 1 saturated carbocycles. The van der Waals surface area contributed by atoms with Gasteiger partial charge in [0.2, 0.25) is 11.8 Å². The van der Waals surface area contributed by atoms with Gasteiger partial charge in [0.15, 0.2) is 0 Å². The summed E-state index contributed by atoms with van der Waals surface area (Å²) in [5.74, 6) is 1.74. The normalized spacial score (nSPS) is 31.4. The Morgan fingerprint density at radius 2 is 1.85 bits per heavy atom. The van der Waals surface area contributed by atoms with Gasteiger partial charge >= 0.3 is 0 Å². The van der Waals surface area contributed by atoms with Crippen molar-refractivity contribution in [3.8, 4) is 0 Å². The zero-order chi connectivity index (χ0) is 18.6. The number of amides is 2. The quantitative estimate of drug-likeness (QED) is 0.822. The number of nitrogens with zero attached hydrogens (tertiary/aromatic N) is 2. The minimum Gasteiger partial charge on any atom is -0.381 e. The van der Waals surface area contributed by atoms with Crippen LogP contribution in [0, 0.1) is 30.1 Å². The predicted molar refractivity (Wildman–Crippen MR) is 101 cm³/mol. The number of carbonyl (C=O) groups is 2. The van der Waals surface area contributed by atoms with Crippen molar-refractivity contribution in [3.63, 3.8) is 0 Å². The molecule has 0 N–H and O–H groups in total. The van der Waals surface area contributed by atoms with Crippen molar-refractivity contribution < 1.29 is 14.3 Å². The smallest absolute Gasteiger partial charge is 0.229 e. The first-order valence-electron chi connectivity index (χ1n) is 10.3. The molecule has 27 heavy (non-hydrogen) atoms. The molecular weight excluding hydrogens is 340 g/mol. The molecule has 5 heteroatoms. The van der Waals surface area contributed by atoms with E-state index in [4.69, 9.17) is 4.74 Å². The van der Waals surface area contributed by atoms with E-state index in [0.717, 1.165) is 52.1 Å². The molecule has 1 unspecified atom stereocenters. The fourth-order valence-electron chi connectivity index (χ4n) is 5.51. The van der Waals surface area contributed by atoms with E-state index in [1.165, 1.54) is 11.1 Å². The molecule has 3 heterocycles. The van der Waals surface area contributed by atoms with Crippen molar-refractivity contribution in [2.75, 3.05) is 32.8 Å². The molecule has 1 spiro atoms. The molecule has 1 aromatic rings. The average molecular weight is 368 g/mol. The monoisotopic (exact) mass is 368 g/mol. The lowest BCUT2D eigenvalue weighted by Gasteiger charge is -2.38. The van der Waals surface area contributed by atoms with E-state index in [1.54, 1.807) is 0 Å². The predicted octanol–water partition coefficient (Wildman–Crippen LogP) is 2.23. The van der Waals surface area contributed by atoms with Gasteiger partial charge in [0, 0.05) is 32.1 Å². The fourth-order valence-corrected chi connectivity index (χ4v) is 5.51. The Morgan fingerprint density at radius 3 is 2.56 bits per heavy atom. The maximum Gasteiger partial charge on any atom is 0.229 e. The number of piperidine rings is 1. The van der Waals surface area contributed by atoms with Crippen molar-refractivity contribution >= 4 is 11.8 Å². The molecule has 1 aliphatic carbocycles. The molecule has 5 rings (SSSR count). The minimum absolute atomic E-state index is 0.199. The van der Waals surface area contributed by atoms with Gasteiger partial charge < -0.3 is 14.5 Å². The van der Waals surface area contributed by atoms with Crippen LogP contribution < -0.4 is 0 Å². The third-order valence-corrected chi connectivity index (χ3v) is 7.33. The van der Waals surface area contributed by atoms with Crippen LogP contribution in [-0.2, 0) is 20.9 Å². The summed E-state index contributed by atoms with van der Waals surface area (Å²) in [5, 5.41) is 0. The standard InChI is InChI=1S/C22H28N2O3/c1-15-3-2-4-16(11-15)12-24-10-7-22(21(24)26)5-8-23(9-6-22)20(25)19-17-13-27-14-18(17)19/h2-4,11,17-19H,5-10,12-14H2,1H3/t17-,18+,19?. The molecule has 4 fully saturated rings. The lowest BCUT2D eigenvalue weighted by atomic mass is 9.77. The number of hydrogen-bond donors (Lipinski definition) is 0. The number of carbonyl (C=O) groups excluding carboxylic acids is 2. The molecule has 3 aliphatic heterocycles. The van der Waals surface area contributed by atoms with Gasteiger partial charge in [0.05, 0.1) is 18.6 Å². The van der Waals surface area contributed by atoms with Gasteiger partial charge in [-0.25, -0.2) is 0 Å². The summed E-state index contributed by atoms with van der Waals surface area (Å²) < 4.78 is 5.41. The summed E-state index contributed by atoms with van der Waals surface area (Å²) in [7, 11) is 0. The van der Waals surface area contributed by atoms with Crippen LogP contribution in [0.15, 0.2) is 24.3 Å². The molecule has 0 aromatic heterocycles. The zero-order valence-corrected chi connectivity index (χ0v) is 16.0. The topological polar surface area (TPSA) is 49.9 Å². The molecule has 3 atom stereocenters. The highest BCUT2D eigenvalue weighted by Crippen LogP contribution is 2.52. The number of fused-ring (bicyclic) bond motifs is 1. The highest BCUT2D eigenvalue weighted by atomic mass is 16.5. The van der Waals surface area contributed by atoms with Gasteiger partial charge in [-0.15, -0.1) is 0 Å². The summed E-state index contributed by atoms with van der Waals surface area (Å²) in [5.41, 5.74) is 2.20. The van der Waals surface area contributed by atoms with Crippen LogP contribution >= 0.6 is 0 Å². The van der Waals surface area contributed by atoms with Crippen LogP contribution in [0.3, 0.4) is 0 Å². The third kappa shape index (κ3) is 2.87. The Bertz CT molecular complexity index is 759. The van der Waals surface area contributed by atoms with Crippen LogP contribution in [0.2, 0.25) is 0 Å². The van der Waals surface area contributed by atoms with E-state index in [0.29, 0.717) is 30.2 Å². The third-order valence-electron chi connectivity index (χ3n) is 7.33. The van der Waals surface area contributed by atoms with Crippen molar-refractivity contribution in [1.29, 1.82) is 0 Å². The second-order valence-electron chi connectivity index (χ2n) is 8.96. The number of benzene rings is 1. The van der Waals surface area contributed by atoms with E-state index < -0.39 is 0 Å². The van der Waals surface area contributed by atoms with E-state index >= 15 is 0 Å². The van der Waals surface area contributed by atoms with Crippen LogP contribution in [-0.4, -0.2) is 54.5 Å². The lowest BCUT2D eigenvalue weighted by molar-refractivity contribution is -0.144. The molecular formula is C22H28N2O3. The van der Waals surface area contributed by atoms with Gasteiger partial charge in [-0.2, -0.15) is 0 Å². The zero-order valence-electron chi connectivity index (χ0n) is 16.0. The maximum absolute atomic E-state index is 13.2. The van der Waals surface area contributed by atoms with Crippen molar-refractivity contribution in [2.45, 2.75) is 32.7 Å².